The molecule has 0 aliphatic rings. The lowest BCUT2D eigenvalue weighted by Crippen LogP contribution is -2.07. The molecule has 0 unspecified atom stereocenters. The maximum atomic E-state index is 6.32. The predicted molar refractivity (Wildman–Crippen MR) is 186 cm³/mol. The molecule has 1 aromatic carbocycles. The van der Waals surface area contributed by atoms with E-state index >= 15 is 0 Å². The molecule has 0 aromatic heterocycles. The zero-order valence-electron chi connectivity index (χ0n) is 25.2. The Balaban J connectivity index is 2.53. The van der Waals surface area contributed by atoms with E-state index in [0.29, 0.717) is 25.5 Å². The van der Waals surface area contributed by atoms with E-state index in [1.165, 1.54) is 116 Å². The molecular formula is C33H58Br3NO3. The maximum Gasteiger partial charge on any atom is 0.203 e. The Hall–Kier alpha value is -0.140. The van der Waals surface area contributed by atoms with Gasteiger partial charge in [-0.2, -0.15) is 0 Å². The Morgan fingerprint density at radius 2 is 0.675 bits per heavy atom. The largest absolute Gasteiger partial charge is 0.489 e. The number of rotatable bonds is 30. The van der Waals surface area contributed by atoms with E-state index in [4.69, 9.17) is 19.9 Å². The highest BCUT2D eigenvalue weighted by molar-refractivity contribution is 9.09. The fourth-order valence-corrected chi connectivity index (χ4v) is 5.92. The number of nitrogens with two attached hydrogens (primary N) is 1. The first-order valence-corrected chi connectivity index (χ1v) is 19.6. The first-order valence-electron chi connectivity index (χ1n) is 16.2. The molecule has 0 bridgehead atoms. The minimum Gasteiger partial charge on any atom is -0.489 e. The molecule has 1 aromatic rings. The van der Waals surface area contributed by atoms with Crippen molar-refractivity contribution in [1.29, 1.82) is 0 Å². The van der Waals surface area contributed by atoms with Crippen LogP contribution in [0.5, 0.6) is 17.2 Å². The molecule has 0 saturated carbocycles. The van der Waals surface area contributed by atoms with Crippen LogP contribution in [0.2, 0.25) is 0 Å². The van der Waals surface area contributed by atoms with Crippen LogP contribution < -0.4 is 19.9 Å². The van der Waals surface area contributed by atoms with Gasteiger partial charge < -0.3 is 19.9 Å². The molecule has 234 valence electrons. The molecule has 0 fully saturated rings. The Morgan fingerprint density at radius 1 is 0.400 bits per heavy atom. The van der Waals surface area contributed by atoms with Crippen molar-refractivity contribution >= 4 is 53.5 Å². The van der Waals surface area contributed by atoms with Crippen LogP contribution in [0.1, 0.15) is 135 Å². The van der Waals surface area contributed by atoms with E-state index in [0.717, 1.165) is 52.5 Å². The van der Waals surface area contributed by atoms with Crippen LogP contribution in [0.25, 0.3) is 0 Å². The van der Waals surface area contributed by atoms with Gasteiger partial charge in [-0.1, -0.05) is 144 Å². The molecule has 2 N–H and O–H groups in total. The molecule has 0 aliphatic heterocycles. The zero-order valence-corrected chi connectivity index (χ0v) is 29.9. The summed E-state index contributed by atoms with van der Waals surface area (Å²) in [5.41, 5.74) is 6.93. The van der Waals surface area contributed by atoms with Gasteiger partial charge in [0, 0.05) is 33.8 Å². The van der Waals surface area contributed by atoms with Gasteiger partial charge in [0.25, 0.3) is 0 Å². The molecule has 0 spiro atoms. The number of nitrogen functional groups attached to an aromatic ring is 1. The fraction of sp³-hybridized carbons (Fsp3) is 0.818. The molecule has 7 heteroatoms. The first kappa shape index (κ1) is 37.9. The summed E-state index contributed by atoms with van der Waals surface area (Å²) < 4.78 is 18.8. The number of anilines is 1. The molecule has 0 heterocycles. The number of hydrogen-bond donors (Lipinski definition) is 1. The van der Waals surface area contributed by atoms with Gasteiger partial charge in [0.1, 0.15) is 0 Å². The highest BCUT2D eigenvalue weighted by atomic mass is 79.9. The monoisotopic (exact) mass is 753 g/mol. The van der Waals surface area contributed by atoms with E-state index in [2.05, 4.69) is 47.8 Å². The number of ether oxygens (including phenoxy) is 3. The second kappa shape index (κ2) is 29.0. The second-order valence-corrected chi connectivity index (χ2v) is 13.3. The van der Waals surface area contributed by atoms with Crippen molar-refractivity contribution in [3.8, 4) is 17.2 Å². The quantitative estimate of drug-likeness (QED) is 0.0483. The van der Waals surface area contributed by atoms with Crippen molar-refractivity contribution in [2.24, 2.45) is 0 Å². The third-order valence-electron chi connectivity index (χ3n) is 7.14. The molecule has 40 heavy (non-hydrogen) atoms. The van der Waals surface area contributed by atoms with Crippen molar-refractivity contribution in [1.82, 2.24) is 0 Å². The Bertz CT molecular complexity index is 650. The highest BCUT2D eigenvalue weighted by Crippen LogP contribution is 2.40. The number of benzene rings is 1. The Kier molecular flexibility index (Phi) is 27.4. The third kappa shape index (κ3) is 21.5. The summed E-state index contributed by atoms with van der Waals surface area (Å²) in [5, 5.41) is 3.35. The molecule has 4 nitrogen and oxygen atoms in total. The van der Waals surface area contributed by atoms with E-state index in [-0.39, 0.29) is 0 Å². The van der Waals surface area contributed by atoms with Gasteiger partial charge >= 0.3 is 0 Å². The van der Waals surface area contributed by atoms with Gasteiger partial charge in [-0.25, -0.2) is 0 Å². The van der Waals surface area contributed by atoms with Crippen molar-refractivity contribution in [2.45, 2.75) is 135 Å². The van der Waals surface area contributed by atoms with Crippen LogP contribution in [0, 0.1) is 0 Å². The van der Waals surface area contributed by atoms with E-state index < -0.39 is 0 Å². The van der Waals surface area contributed by atoms with E-state index in [9.17, 15) is 0 Å². The molecule has 0 aliphatic carbocycles. The van der Waals surface area contributed by atoms with Crippen molar-refractivity contribution in [2.75, 3.05) is 41.5 Å². The lowest BCUT2D eigenvalue weighted by Gasteiger charge is -2.18. The summed E-state index contributed by atoms with van der Waals surface area (Å²) in [5.74, 6) is 2.19. The van der Waals surface area contributed by atoms with Crippen LogP contribution in [-0.4, -0.2) is 35.8 Å². The number of halogens is 3. The molecule has 0 amide bonds. The standard InChI is InChI=1S/C33H58Br3NO3/c34-22-16-10-4-1-7-13-19-25-38-31-28-30(37)29-32(39-26-20-14-8-2-5-11-17-23-35)33(31)40-27-21-15-9-3-6-12-18-24-36/h28-29H,1-27,37H2. The van der Waals surface area contributed by atoms with Gasteiger partial charge in [-0.15, -0.1) is 0 Å². The van der Waals surface area contributed by atoms with Gasteiger partial charge in [0.05, 0.1) is 19.8 Å². The predicted octanol–water partition coefficient (Wildman–Crippen LogP) is 11.8. The summed E-state index contributed by atoms with van der Waals surface area (Å²) in [6, 6.07) is 3.80. The van der Waals surface area contributed by atoms with Crippen LogP contribution in [0.15, 0.2) is 12.1 Å². The molecule has 1 rings (SSSR count). The first-order chi connectivity index (χ1) is 19.7. The van der Waals surface area contributed by atoms with Crippen LogP contribution in [-0.2, 0) is 0 Å². The fourth-order valence-electron chi connectivity index (χ4n) is 4.73. The summed E-state index contributed by atoms with van der Waals surface area (Å²) in [7, 11) is 0. The summed E-state index contributed by atoms with van der Waals surface area (Å²) >= 11 is 10.5. The smallest absolute Gasteiger partial charge is 0.203 e. The summed E-state index contributed by atoms with van der Waals surface area (Å²) in [4.78, 5) is 0. The Morgan fingerprint density at radius 3 is 1.00 bits per heavy atom. The molecule has 0 atom stereocenters. The topological polar surface area (TPSA) is 53.7 Å². The minimum atomic E-state index is 0.666. The maximum absolute atomic E-state index is 6.32. The van der Waals surface area contributed by atoms with Crippen LogP contribution in [0.3, 0.4) is 0 Å². The van der Waals surface area contributed by atoms with Crippen LogP contribution >= 0.6 is 47.8 Å². The van der Waals surface area contributed by atoms with Gasteiger partial charge in [0.15, 0.2) is 11.5 Å². The van der Waals surface area contributed by atoms with Crippen molar-refractivity contribution < 1.29 is 14.2 Å². The average Bonchev–Trinajstić information content (AvgIpc) is 2.95. The van der Waals surface area contributed by atoms with E-state index in [1.807, 2.05) is 12.1 Å². The van der Waals surface area contributed by atoms with Gasteiger partial charge in [-0.05, 0) is 38.5 Å². The molecule has 0 saturated heterocycles. The second-order valence-electron chi connectivity index (χ2n) is 10.9. The molecular weight excluding hydrogens is 698 g/mol. The zero-order chi connectivity index (χ0) is 28.9. The van der Waals surface area contributed by atoms with E-state index in [1.54, 1.807) is 0 Å². The minimum absolute atomic E-state index is 0.666. The summed E-state index contributed by atoms with van der Waals surface area (Å²) in [6.07, 6.45) is 26.3. The lowest BCUT2D eigenvalue weighted by atomic mass is 10.1. The Labute approximate surface area is 272 Å². The normalized spacial score (nSPS) is 11.2. The molecule has 0 radical (unpaired) electrons. The van der Waals surface area contributed by atoms with Crippen LogP contribution in [0.4, 0.5) is 5.69 Å². The lowest BCUT2D eigenvalue weighted by molar-refractivity contribution is 0.234. The number of hydrogen-bond acceptors (Lipinski definition) is 4. The van der Waals surface area contributed by atoms with Gasteiger partial charge in [-0.3, -0.25) is 0 Å². The number of alkyl halides is 3. The SMILES string of the molecule is Nc1cc(OCCCCCCCCCBr)c(OCCCCCCCCCBr)c(OCCCCCCCCCBr)c1. The highest BCUT2D eigenvalue weighted by Gasteiger charge is 2.15. The summed E-state index contributed by atoms with van der Waals surface area (Å²) in [6.45, 7) is 2.05. The number of unbranched alkanes of at least 4 members (excludes halogenated alkanes) is 18. The van der Waals surface area contributed by atoms with Gasteiger partial charge in [0.2, 0.25) is 5.75 Å². The average molecular weight is 757 g/mol. The van der Waals surface area contributed by atoms with Crippen molar-refractivity contribution in [3.05, 3.63) is 12.1 Å². The van der Waals surface area contributed by atoms with Crippen molar-refractivity contribution in [3.63, 3.8) is 0 Å². The third-order valence-corrected chi connectivity index (χ3v) is 8.82.